The van der Waals surface area contributed by atoms with Gasteiger partial charge in [-0.15, -0.1) is 0 Å². The molecular weight excluding hydrogens is 190 g/mol. The second-order valence-corrected chi connectivity index (χ2v) is 4.76. The van der Waals surface area contributed by atoms with Crippen molar-refractivity contribution < 1.29 is 9.90 Å². The van der Waals surface area contributed by atoms with Gasteiger partial charge in [0.1, 0.15) is 0 Å². The molecular formula is C12H23NO2. The van der Waals surface area contributed by atoms with Gasteiger partial charge in [-0.1, -0.05) is 19.8 Å². The molecule has 0 heterocycles. The number of aliphatic carboxylic acids is 1. The predicted molar refractivity (Wildman–Crippen MR) is 60.9 cm³/mol. The molecule has 3 nitrogen and oxygen atoms in total. The van der Waals surface area contributed by atoms with E-state index in [1.54, 1.807) is 0 Å². The van der Waals surface area contributed by atoms with Crippen LogP contribution < -0.4 is 5.32 Å². The standard InChI is InChI=1S/C12H23NO2/c1-10(6-7-12(14)15)8-9-13-11-4-2-3-5-11/h10-11,13H,2-9H2,1H3,(H,14,15). The minimum absolute atomic E-state index is 0.310. The number of hydrogen-bond acceptors (Lipinski definition) is 2. The summed E-state index contributed by atoms with van der Waals surface area (Å²) >= 11 is 0. The maximum absolute atomic E-state index is 10.4. The quantitative estimate of drug-likeness (QED) is 0.682. The molecule has 0 aromatic carbocycles. The Labute approximate surface area is 92.3 Å². The molecule has 0 bridgehead atoms. The minimum atomic E-state index is -0.675. The molecule has 1 rings (SSSR count). The van der Waals surface area contributed by atoms with Gasteiger partial charge in [0.05, 0.1) is 0 Å². The zero-order chi connectivity index (χ0) is 11.1. The first kappa shape index (κ1) is 12.5. The first-order valence-corrected chi connectivity index (χ1v) is 6.13. The van der Waals surface area contributed by atoms with Gasteiger partial charge >= 0.3 is 5.97 Å². The molecule has 0 aromatic rings. The molecule has 1 aliphatic rings. The van der Waals surface area contributed by atoms with Gasteiger partial charge in [-0.25, -0.2) is 0 Å². The van der Waals surface area contributed by atoms with E-state index in [0.717, 1.165) is 25.4 Å². The van der Waals surface area contributed by atoms with E-state index in [9.17, 15) is 4.79 Å². The third-order valence-electron chi connectivity index (χ3n) is 3.28. The van der Waals surface area contributed by atoms with E-state index in [2.05, 4.69) is 12.2 Å². The summed E-state index contributed by atoms with van der Waals surface area (Å²) in [6, 6.07) is 0.733. The van der Waals surface area contributed by atoms with Crippen molar-refractivity contribution in [2.75, 3.05) is 6.54 Å². The number of hydrogen-bond donors (Lipinski definition) is 2. The summed E-state index contributed by atoms with van der Waals surface area (Å²) in [4.78, 5) is 10.4. The average molecular weight is 213 g/mol. The van der Waals surface area contributed by atoms with Crippen molar-refractivity contribution in [3.8, 4) is 0 Å². The molecule has 0 aromatic heterocycles. The lowest BCUT2D eigenvalue weighted by Crippen LogP contribution is -2.27. The molecule has 2 N–H and O–H groups in total. The van der Waals surface area contributed by atoms with E-state index in [0.29, 0.717) is 12.3 Å². The molecule has 1 fully saturated rings. The van der Waals surface area contributed by atoms with Gasteiger partial charge in [0.2, 0.25) is 0 Å². The van der Waals surface area contributed by atoms with Gasteiger partial charge in [-0.3, -0.25) is 4.79 Å². The Kier molecular flexibility index (Phi) is 5.69. The van der Waals surface area contributed by atoms with Crippen LogP contribution in [0.1, 0.15) is 51.9 Å². The Balaban J connectivity index is 1.96. The van der Waals surface area contributed by atoms with Gasteiger partial charge in [-0.2, -0.15) is 0 Å². The van der Waals surface area contributed by atoms with Crippen molar-refractivity contribution in [1.29, 1.82) is 0 Å². The van der Waals surface area contributed by atoms with Crippen LogP contribution in [0.2, 0.25) is 0 Å². The monoisotopic (exact) mass is 213 g/mol. The number of carboxylic acid groups (broad SMARTS) is 1. The lowest BCUT2D eigenvalue weighted by Gasteiger charge is -2.14. The Morgan fingerprint density at radius 3 is 2.67 bits per heavy atom. The first-order chi connectivity index (χ1) is 7.18. The lowest BCUT2D eigenvalue weighted by molar-refractivity contribution is -0.137. The van der Waals surface area contributed by atoms with Gasteiger partial charge in [0, 0.05) is 12.5 Å². The van der Waals surface area contributed by atoms with Crippen LogP contribution in [0, 0.1) is 5.92 Å². The van der Waals surface area contributed by atoms with Crippen molar-refractivity contribution in [3.63, 3.8) is 0 Å². The Morgan fingerprint density at radius 1 is 1.40 bits per heavy atom. The van der Waals surface area contributed by atoms with Crippen molar-refractivity contribution >= 4 is 5.97 Å². The van der Waals surface area contributed by atoms with Gasteiger partial charge < -0.3 is 10.4 Å². The Morgan fingerprint density at radius 2 is 2.07 bits per heavy atom. The number of rotatable bonds is 7. The fraction of sp³-hybridized carbons (Fsp3) is 0.917. The van der Waals surface area contributed by atoms with Crippen molar-refractivity contribution in [1.82, 2.24) is 5.32 Å². The SMILES string of the molecule is CC(CCNC1CCCC1)CCC(=O)O. The first-order valence-electron chi connectivity index (χ1n) is 6.13. The van der Waals surface area contributed by atoms with Crippen LogP contribution in [0.25, 0.3) is 0 Å². The highest BCUT2D eigenvalue weighted by Crippen LogP contribution is 2.18. The van der Waals surface area contributed by atoms with Gasteiger partial charge in [0.15, 0.2) is 0 Å². The van der Waals surface area contributed by atoms with Crippen LogP contribution in [0.5, 0.6) is 0 Å². The molecule has 0 spiro atoms. The minimum Gasteiger partial charge on any atom is -0.481 e. The highest BCUT2D eigenvalue weighted by Gasteiger charge is 2.14. The Hall–Kier alpha value is -0.570. The zero-order valence-electron chi connectivity index (χ0n) is 9.67. The summed E-state index contributed by atoms with van der Waals surface area (Å²) in [5.41, 5.74) is 0. The zero-order valence-corrected chi connectivity index (χ0v) is 9.67. The summed E-state index contributed by atoms with van der Waals surface area (Å²) in [5.74, 6) is -0.152. The summed E-state index contributed by atoms with van der Waals surface area (Å²) in [5, 5.41) is 12.1. The van der Waals surface area contributed by atoms with E-state index >= 15 is 0 Å². The molecule has 0 radical (unpaired) electrons. The molecule has 15 heavy (non-hydrogen) atoms. The topological polar surface area (TPSA) is 49.3 Å². The van der Waals surface area contributed by atoms with Crippen LogP contribution in [-0.2, 0) is 4.79 Å². The van der Waals surface area contributed by atoms with Crippen molar-refractivity contribution in [3.05, 3.63) is 0 Å². The molecule has 0 saturated heterocycles. The highest BCUT2D eigenvalue weighted by molar-refractivity contribution is 5.66. The molecule has 1 atom stereocenters. The van der Waals surface area contributed by atoms with Crippen LogP contribution in [0.4, 0.5) is 0 Å². The normalized spacial score (nSPS) is 19.3. The van der Waals surface area contributed by atoms with Crippen LogP contribution in [-0.4, -0.2) is 23.7 Å². The summed E-state index contributed by atoms with van der Waals surface area (Å²) < 4.78 is 0. The van der Waals surface area contributed by atoms with Crippen LogP contribution in [0.15, 0.2) is 0 Å². The third-order valence-corrected chi connectivity index (χ3v) is 3.28. The number of nitrogens with one attached hydrogen (secondary N) is 1. The highest BCUT2D eigenvalue weighted by atomic mass is 16.4. The summed E-state index contributed by atoms with van der Waals surface area (Å²) in [6.07, 6.45) is 7.60. The molecule has 88 valence electrons. The van der Waals surface area contributed by atoms with E-state index in [-0.39, 0.29) is 0 Å². The fourth-order valence-electron chi connectivity index (χ4n) is 2.18. The van der Waals surface area contributed by atoms with Crippen molar-refractivity contribution in [2.24, 2.45) is 5.92 Å². The van der Waals surface area contributed by atoms with E-state index in [1.807, 2.05) is 0 Å². The fourth-order valence-corrected chi connectivity index (χ4v) is 2.18. The molecule has 1 saturated carbocycles. The second-order valence-electron chi connectivity index (χ2n) is 4.76. The predicted octanol–water partition coefficient (Wildman–Crippen LogP) is 2.41. The second kappa shape index (κ2) is 6.83. The lowest BCUT2D eigenvalue weighted by atomic mass is 10.0. The van der Waals surface area contributed by atoms with E-state index in [4.69, 9.17) is 5.11 Å². The summed E-state index contributed by atoms with van der Waals surface area (Å²) in [7, 11) is 0. The molecule has 0 aliphatic heterocycles. The average Bonchev–Trinajstić information content (AvgIpc) is 2.67. The molecule has 1 unspecified atom stereocenters. The van der Waals surface area contributed by atoms with E-state index in [1.165, 1.54) is 25.7 Å². The maximum Gasteiger partial charge on any atom is 0.303 e. The largest absolute Gasteiger partial charge is 0.481 e. The van der Waals surface area contributed by atoms with Crippen LogP contribution >= 0.6 is 0 Å². The molecule has 0 amide bonds. The Bertz CT molecular complexity index is 188. The van der Waals surface area contributed by atoms with Crippen LogP contribution in [0.3, 0.4) is 0 Å². The summed E-state index contributed by atoms with van der Waals surface area (Å²) in [6.45, 7) is 3.19. The molecule has 1 aliphatic carbocycles. The number of carboxylic acids is 1. The third kappa shape index (κ3) is 5.78. The van der Waals surface area contributed by atoms with Gasteiger partial charge in [0.25, 0.3) is 0 Å². The van der Waals surface area contributed by atoms with E-state index < -0.39 is 5.97 Å². The smallest absolute Gasteiger partial charge is 0.303 e. The van der Waals surface area contributed by atoms with Crippen molar-refractivity contribution in [2.45, 2.75) is 57.9 Å². The number of carbonyl (C=O) groups is 1. The van der Waals surface area contributed by atoms with Gasteiger partial charge in [-0.05, 0) is 38.1 Å². The maximum atomic E-state index is 10.4. The molecule has 3 heteroatoms.